The Hall–Kier alpha value is -2.13. The first-order valence-electron chi connectivity index (χ1n) is 5.93. The van der Waals surface area contributed by atoms with Gasteiger partial charge in [-0.1, -0.05) is 0 Å². The fourth-order valence-corrected chi connectivity index (χ4v) is 4.06. The molecule has 0 heterocycles. The maximum atomic E-state index is 11.9. The molecule has 4 nitrogen and oxygen atoms in total. The molecule has 0 aliphatic carbocycles. The molecule has 2 aromatic rings. The quantitative estimate of drug-likeness (QED) is 0.693. The van der Waals surface area contributed by atoms with E-state index in [1.165, 1.54) is 0 Å². The number of hydrogen-bond acceptors (Lipinski definition) is 3. The molecule has 98 valence electrons. The second kappa shape index (κ2) is 8.89. The topological polar surface area (TPSA) is 71.4 Å². The van der Waals surface area contributed by atoms with Crippen LogP contribution in [0.15, 0.2) is 60.7 Å². The predicted octanol–water partition coefficient (Wildman–Crippen LogP) is 2.45. The fraction of sp³-hybridized carbons (Fsp3) is 0. The average molecular weight is 322 g/mol. The van der Waals surface area contributed by atoms with Gasteiger partial charge in [0.2, 0.25) is 0 Å². The number of hydrogen-bond donors (Lipinski definition) is 1. The van der Waals surface area contributed by atoms with Gasteiger partial charge in [0, 0.05) is 0 Å². The van der Waals surface area contributed by atoms with Gasteiger partial charge in [-0.3, -0.25) is 4.79 Å². The van der Waals surface area contributed by atoms with Gasteiger partial charge in [-0.25, -0.2) is 0 Å². The molecule has 20 heavy (non-hydrogen) atoms. The summed E-state index contributed by atoms with van der Waals surface area (Å²) < 4.78 is 0.0962. The van der Waals surface area contributed by atoms with Gasteiger partial charge < -0.3 is 5.11 Å². The Morgan fingerprint density at radius 2 is 1.10 bits per heavy atom. The summed E-state index contributed by atoms with van der Waals surface area (Å²) in [4.78, 5) is 32.1. The molecule has 1 N–H and O–H groups in total. The second-order valence-electron chi connectivity index (χ2n) is 3.86. The van der Waals surface area contributed by atoms with E-state index in [2.05, 4.69) is 0 Å². The maximum absolute atomic E-state index is 11.9. The van der Waals surface area contributed by atoms with Crippen LogP contribution in [-0.4, -0.2) is 20.3 Å². The molecule has 0 spiro atoms. The molecule has 0 unspecified atom stereocenters. The SMILES string of the molecule is O=CO.O=[C]([Zn][C](=O)c1ccccc1)c1ccccc1. The van der Waals surface area contributed by atoms with Crippen LogP contribution >= 0.6 is 0 Å². The zero-order valence-corrected chi connectivity index (χ0v) is 13.7. The number of carbonyl (C=O) groups is 3. The molecule has 0 saturated heterocycles. The van der Waals surface area contributed by atoms with Crippen LogP contribution in [0, 0.1) is 0 Å². The van der Waals surface area contributed by atoms with Crippen LogP contribution in [0.5, 0.6) is 0 Å². The molecule has 0 aliphatic rings. The van der Waals surface area contributed by atoms with Crippen molar-refractivity contribution in [3.8, 4) is 0 Å². The number of benzene rings is 2. The Morgan fingerprint density at radius 1 is 0.800 bits per heavy atom. The standard InChI is InChI=1S/2C7H5O.CH2O2.Zn/c2*8-6-7-4-2-1-3-5-7;2-1-3;/h2*1-5H;1H,(H,2,3);. The van der Waals surface area contributed by atoms with E-state index in [1.54, 1.807) is 24.3 Å². The summed E-state index contributed by atoms with van der Waals surface area (Å²) in [6, 6.07) is 18.1. The normalized spacial score (nSPS) is 8.60. The van der Waals surface area contributed by atoms with E-state index in [-0.39, 0.29) is 15.2 Å². The van der Waals surface area contributed by atoms with E-state index in [9.17, 15) is 9.59 Å². The molecule has 0 fully saturated rings. The molecule has 0 amide bonds. The van der Waals surface area contributed by atoms with Gasteiger partial charge in [0.15, 0.2) is 0 Å². The van der Waals surface area contributed by atoms with E-state index in [4.69, 9.17) is 9.90 Å². The van der Waals surface area contributed by atoms with Gasteiger partial charge in [0.05, 0.1) is 0 Å². The predicted molar refractivity (Wildman–Crippen MR) is 70.2 cm³/mol. The Kier molecular flexibility index (Phi) is 7.08. The van der Waals surface area contributed by atoms with Crippen molar-refractivity contribution in [1.82, 2.24) is 0 Å². The van der Waals surface area contributed by atoms with E-state index < -0.39 is 17.1 Å². The average Bonchev–Trinajstić information content (AvgIpc) is 2.50. The summed E-state index contributed by atoms with van der Waals surface area (Å²) in [6.45, 7) is -0.250. The second-order valence-corrected chi connectivity index (χ2v) is 7.30. The van der Waals surface area contributed by atoms with Crippen molar-refractivity contribution in [2.75, 3.05) is 0 Å². The molecule has 0 aliphatic heterocycles. The van der Waals surface area contributed by atoms with Crippen molar-refractivity contribution in [3.05, 3.63) is 71.8 Å². The molecule has 2 rings (SSSR count). The summed E-state index contributed by atoms with van der Waals surface area (Å²) >= 11 is -1.88. The molecule has 0 radical (unpaired) electrons. The zero-order valence-electron chi connectivity index (χ0n) is 10.7. The monoisotopic (exact) mass is 320 g/mol. The molecular formula is C15H12O4Zn. The van der Waals surface area contributed by atoms with Gasteiger partial charge >= 0.3 is 107 Å². The molecular weight excluding hydrogens is 310 g/mol. The van der Waals surface area contributed by atoms with E-state index >= 15 is 0 Å². The van der Waals surface area contributed by atoms with Crippen LogP contribution in [0.3, 0.4) is 0 Å². The summed E-state index contributed by atoms with van der Waals surface area (Å²) in [7, 11) is 0. The summed E-state index contributed by atoms with van der Waals surface area (Å²) in [5.74, 6) is 0. The van der Waals surface area contributed by atoms with Crippen molar-refractivity contribution in [3.63, 3.8) is 0 Å². The fourth-order valence-electron chi connectivity index (χ4n) is 1.60. The van der Waals surface area contributed by atoms with Crippen LogP contribution in [0.1, 0.15) is 20.7 Å². The molecule has 2 aromatic carbocycles. The van der Waals surface area contributed by atoms with Gasteiger partial charge in [-0.15, -0.1) is 0 Å². The zero-order chi connectivity index (χ0) is 14.8. The first-order chi connectivity index (χ1) is 9.69. The molecule has 0 aromatic heterocycles. The van der Waals surface area contributed by atoms with Crippen molar-refractivity contribution in [2.45, 2.75) is 0 Å². The van der Waals surface area contributed by atoms with Gasteiger partial charge in [-0.05, 0) is 0 Å². The number of carbonyl (C=O) groups excluding carboxylic acids is 2. The van der Waals surface area contributed by atoms with Crippen LogP contribution in [0.4, 0.5) is 0 Å². The van der Waals surface area contributed by atoms with Crippen LogP contribution in [0.25, 0.3) is 0 Å². The van der Waals surface area contributed by atoms with E-state index in [1.807, 2.05) is 36.4 Å². The van der Waals surface area contributed by atoms with E-state index in [0.717, 1.165) is 0 Å². The van der Waals surface area contributed by atoms with Crippen LogP contribution in [0.2, 0.25) is 0 Å². The third-order valence-electron chi connectivity index (χ3n) is 2.51. The van der Waals surface area contributed by atoms with Crippen molar-refractivity contribution in [1.29, 1.82) is 0 Å². The summed E-state index contributed by atoms with van der Waals surface area (Å²) in [5.41, 5.74) is 1.33. The first kappa shape index (κ1) is 15.9. The number of rotatable bonds is 4. The molecule has 5 heteroatoms. The van der Waals surface area contributed by atoms with Gasteiger partial charge in [0.1, 0.15) is 0 Å². The molecule has 0 atom stereocenters. The molecule has 0 bridgehead atoms. The minimum atomic E-state index is -1.88. The third-order valence-corrected chi connectivity index (χ3v) is 5.57. The summed E-state index contributed by atoms with van der Waals surface area (Å²) in [6.07, 6.45) is 0. The Balaban J connectivity index is 0.000000612. The van der Waals surface area contributed by atoms with Gasteiger partial charge in [0.25, 0.3) is 6.47 Å². The van der Waals surface area contributed by atoms with Crippen LogP contribution in [-0.2, 0) is 21.9 Å². The Morgan fingerprint density at radius 3 is 1.40 bits per heavy atom. The Labute approximate surface area is 124 Å². The minimum absolute atomic E-state index is 0.0481. The van der Waals surface area contributed by atoms with Crippen molar-refractivity contribution >= 4 is 15.2 Å². The summed E-state index contributed by atoms with van der Waals surface area (Å²) in [5, 5.41) is 6.89. The van der Waals surface area contributed by atoms with Crippen molar-refractivity contribution in [2.24, 2.45) is 0 Å². The third kappa shape index (κ3) is 5.25. The van der Waals surface area contributed by atoms with Gasteiger partial charge in [-0.2, -0.15) is 0 Å². The van der Waals surface area contributed by atoms with E-state index in [0.29, 0.717) is 11.1 Å². The Bertz CT molecular complexity index is 517. The van der Waals surface area contributed by atoms with Crippen molar-refractivity contribution < 1.29 is 36.6 Å². The van der Waals surface area contributed by atoms with Crippen LogP contribution < -0.4 is 0 Å². The molecule has 0 saturated carbocycles. The number of carboxylic acid groups (broad SMARTS) is 1. The first-order valence-corrected chi connectivity index (χ1v) is 8.90.